The summed E-state index contributed by atoms with van der Waals surface area (Å²) < 4.78 is 11.1. The van der Waals surface area contributed by atoms with Crippen molar-refractivity contribution in [3.63, 3.8) is 0 Å². The highest BCUT2D eigenvalue weighted by Crippen LogP contribution is 2.30. The monoisotopic (exact) mass is 304 g/mol. The van der Waals surface area contributed by atoms with E-state index in [-0.39, 0.29) is 5.43 Å². The minimum Gasteiger partial charge on any atom is -0.463 e. The third-order valence-electron chi connectivity index (χ3n) is 3.65. The molecule has 4 rings (SSSR count). The van der Waals surface area contributed by atoms with Crippen LogP contribution < -0.4 is 5.43 Å². The molecule has 0 saturated carbocycles. The molecule has 112 valence electrons. The molecule has 5 nitrogen and oxygen atoms in total. The van der Waals surface area contributed by atoms with Gasteiger partial charge in [0.25, 0.3) is 0 Å². The molecular formula is C18H12N2O3. The molecule has 0 spiro atoms. The topological polar surface area (TPSA) is 69.1 Å². The van der Waals surface area contributed by atoms with Crippen LogP contribution in [0.4, 0.5) is 0 Å². The second kappa shape index (κ2) is 5.21. The Labute approximate surface area is 131 Å². The van der Waals surface area contributed by atoms with E-state index in [2.05, 4.69) is 10.2 Å². The number of fused-ring (bicyclic) bond motifs is 1. The molecule has 0 aliphatic heterocycles. The van der Waals surface area contributed by atoms with Gasteiger partial charge in [0.1, 0.15) is 11.8 Å². The van der Waals surface area contributed by atoms with Gasteiger partial charge in [0.05, 0.1) is 10.9 Å². The third kappa shape index (κ3) is 2.23. The molecule has 0 amide bonds. The van der Waals surface area contributed by atoms with Crippen molar-refractivity contribution in [3.05, 3.63) is 70.9 Å². The highest BCUT2D eigenvalue weighted by Gasteiger charge is 2.16. The molecular weight excluding hydrogens is 292 g/mol. The van der Waals surface area contributed by atoms with Gasteiger partial charge in [-0.2, -0.15) is 0 Å². The number of benzene rings is 2. The summed E-state index contributed by atoms with van der Waals surface area (Å²) in [5.74, 6) is 0.853. The first-order valence-corrected chi connectivity index (χ1v) is 7.14. The van der Waals surface area contributed by atoms with Crippen molar-refractivity contribution in [1.82, 2.24) is 10.2 Å². The summed E-state index contributed by atoms with van der Waals surface area (Å²) in [6.07, 6.45) is 1.48. The van der Waals surface area contributed by atoms with Crippen LogP contribution in [0.1, 0.15) is 5.89 Å². The molecule has 0 saturated heterocycles. The van der Waals surface area contributed by atoms with E-state index >= 15 is 0 Å². The van der Waals surface area contributed by atoms with Crippen molar-refractivity contribution in [2.75, 3.05) is 0 Å². The Bertz CT molecular complexity index is 1060. The summed E-state index contributed by atoms with van der Waals surface area (Å²) in [5.41, 5.74) is 2.35. The van der Waals surface area contributed by atoms with E-state index in [4.69, 9.17) is 8.83 Å². The average molecular weight is 304 g/mol. The van der Waals surface area contributed by atoms with E-state index in [0.29, 0.717) is 39.4 Å². The largest absolute Gasteiger partial charge is 0.463 e. The maximum absolute atomic E-state index is 12.8. The summed E-state index contributed by atoms with van der Waals surface area (Å²) in [5, 5.41) is 8.44. The van der Waals surface area contributed by atoms with Gasteiger partial charge in [-0.3, -0.25) is 4.79 Å². The molecule has 2 aromatic heterocycles. The maximum atomic E-state index is 12.8. The minimum absolute atomic E-state index is 0.0875. The van der Waals surface area contributed by atoms with Gasteiger partial charge >= 0.3 is 0 Å². The Balaban J connectivity index is 1.99. The molecule has 0 fully saturated rings. The van der Waals surface area contributed by atoms with Crippen molar-refractivity contribution in [2.45, 2.75) is 6.92 Å². The van der Waals surface area contributed by atoms with Crippen molar-refractivity contribution in [1.29, 1.82) is 0 Å². The normalized spacial score (nSPS) is 11.0. The molecule has 4 aromatic rings. The maximum Gasteiger partial charge on any atom is 0.248 e. The van der Waals surface area contributed by atoms with Crippen LogP contribution >= 0.6 is 0 Å². The molecule has 0 aliphatic carbocycles. The number of aromatic nitrogens is 2. The van der Waals surface area contributed by atoms with Gasteiger partial charge in [0.2, 0.25) is 17.2 Å². The SMILES string of the molecule is Cc1nnc(-c2ccccc2-c2coc3ccccc3c2=O)o1. The quantitative estimate of drug-likeness (QED) is 0.563. The van der Waals surface area contributed by atoms with Crippen molar-refractivity contribution in [3.8, 4) is 22.6 Å². The fourth-order valence-electron chi connectivity index (χ4n) is 2.57. The fourth-order valence-corrected chi connectivity index (χ4v) is 2.57. The van der Waals surface area contributed by atoms with Gasteiger partial charge in [0.15, 0.2) is 0 Å². The zero-order valence-corrected chi connectivity index (χ0v) is 12.3. The Kier molecular flexibility index (Phi) is 3.05. The molecule has 2 heterocycles. The number of nitrogens with zero attached hydrogens (tertiary/aromatic N) is 2. The van der Waals surface area contributed by atoms with Crippen molar-refractivity contribution >= 4 is 11.0 Å². The van der Waals surface area contributed by atoms with E-state index in [0.717, 1.165) is 0 Å². The van der Waals surface area contributed by atoms with E-state index in [9.17, 15) is 4.79 Å². The predicted octanol–water partition coefficient (Wildman–Crippen LogP) is 3.82. The zero-order valence-electron chi connectivity index (χ0n) is 12.3. The third-order valence-corrected chi connectivity index (χ3v) is 3.65. The van der Waals surface area contributed by atoms with Crippen LogP contribution in [-0.2, 0) is 0 Å². The Morgan fingerprint density at radius 3 is 2.39 bits per heavy atom. The molecule has 0 bridgehead atoms. The van der Waals surface area contributed by atoms with Crippen molar-refractivity contribution in [2.24, 2.45) is 0 Å². The van der Waals surface area contributed by atoms with E-state index in [1.165, 1.54) is 6.26 Å². The Morgan fingerprint density at radius 1 is 0.870 bits per heavy atom. The van der Waals surface area contributed by atoms with Crippen LogP contribution in [0.25, 0.3) is 33.6 Å². The van der Waals surface area contributed by atoms with Crippen LogP contribution in [-0.4, -0.2) is 10.2 Å². The van der Waals surface area contributed by atoms with Gasteiger partial charge in [0, 0.05) is 18.1 Å². The predicted molar refractivity (Wildman–Crippen MR) is 85.9 cm³/mol. The van der Waals surface area contributed by atoms with Crippen LogP contribution in [0.2, 0.25) is 0 Å². The molecule has 0 aliphatic rings. The Hall–Kier alpha value is -3.21. The highest BCUT2D eigenvalue weighted by molar-refractivity contribution is 5.85. The molecule has 2 aromatic carbocycles. The smallest absolute Gasteiger partial charge is 0.248 e. The highest BCUT2D eigenvalue weighted by atomic mass is 16.4. The summed E-state index contributed by atoms with van der Waals surface area (Å²) in [6, 6.07) is 14.6. The molecule has 0 atom stereocenters. The lowest BCUT2D eigenvalue weighted by molar-refractivity contribution is 0.533. The lowest BCUT2D eigenvalue weighted by Crippen LogP contribution is -2.05. The number of hydrogen-bond donors (Lipinski definition) is 0. The number of rotatable bonds is 2. The number of para-hydroxylation sites is 1. The lowest BCUT2D eigenvalue weighted by atomic mass is 10.00. The standard InChI is InChI=1S/C18H12N2O3/c1-11-19-20-18(23-11)13-7-3-2-6-12(13)15-10-22-16-9-5-4-8-14(16)17(15)21/h2-10H,1H3. The van der Waals surface area contributed by atoms with E-state index < -0.39 is 0 Å². The Morgan fingerprint density at radius 2 is 1.61 bits per heavy atom. The molecule has 5 heteroatoms. The lowest BCUT2D eigenvalue weighted by Gasteiger charge is -2.06. The van der Waals surface area contributed by atoms with Crippen LogP contribution in [0.15, 0.2) is 68.4 Å². The minimum atomic E-state index is -0.0875. The van der Waals surface area contributed by atoms with Crippen LogP contribution in [0, 0.1) is 6.92 Å². The molecule has 0 radical (unpaired) electrons. The van der Waals surface area contributed by atoms with Crippen LogP contribution in [0.3, 0.4) is 0 Å². The second-order valence-electron chi connectivity index (χ2n) is 5.15. The fraction of sp³-hybridized carbons (Fsp3) is 0.0556. The molecule has 23 heavy (non-hydrogen) atoms. The summed E-state index contributed by atoms with van der Waals surface area (Å²) >= 11 is 0. The second-order valence-corrected chi connectivity index (χ2v) is 5.15. The van der Waals surface area contributed by atoms with Crippen LogP contribution in [0.5, 0.6) is 0 Å². The zero-order chi connectivity index (χ0) is 15.8. The van der Waals surface area contributed by atoms with E-state index in [1.54, 1.807) is 19.1 Å². The first-order chi connectivity index (χ1) is 11.2. The van der Waals surface area contributed by atoms with Gasteiger partial charge in [-0.05, 0) is 18.2 Å². The molecule has 0 unspecified atom stereocenters. The average Bonchev–Trinajstić information content (AvgIpc) is 3.02. The number of aryl methyl sites for hydroxylation is 1. The van der Waals surface area contributed by atoms with Crippen molar-refractivity contribution < 1.29 is 8.83 Å². The summed E-state index contributed by atoms with van der Waals surface area (Å²) in [4.78, 5) is 12.8. The number of hydrogen-bond acceptors (Lipinski definition) is 5. The molecule has 0 N–H and O–H groups in total. The summed E-state index contributed by atoms with van der Waals surface area (Å²) in [6.45, 7) is 1.73. The van der Waals surface area contributed by atoms with Gasteiger partial charge in [-0.1, -0.05) is 30.3 Å². The van der Waals surface area contributed by atoms with Gasteiger partial charge in [-0.25, -0.2) is 0 Å². The van der Waals surface area contributed by atoms with Gasteiger partial charge in [-0.15, -0.1) is 10.2 Å². The summed E-state index contributed by atoms with van der Waals surface area (Å²) in [7, 11) is 0. The van der Waals surface area contributed by atoms with Gasteiger partial charge < -0.3 is 8.83 Å². The first-order valence-electron chi connectivity index (χ1n) is 7.14. The van der Waals surface area contributed by atoms with E-state index in [1.807, 2.05) is 36.4 Å². The first kappa shape index (κ1) is 13.5.